The van der Waals surface area contributed by atoms with Gasteiger partial charge in [-0.3, -0.25) is 24.1 Å². The van der Waals surface area contributed by atoms with E-state index in [1.165, 1.54) is 39.5 Å². The summed E-state index contributed by atoms with van der Waals surface area (Å²) in [6, 6.07) is -0.414. The Hall–Kier alpha value is -2.20. The molecule has 0 aromatic rings. The average molecular weight is 528 g/mol. The minimum Gasteiger partial charge on any atom is -0.468 e. The van der Waals surface area contributed by atoms with Crippen LogP contribution in [0, 0.1) is 11.8 Å². The Balaban J connectivity index is 0.000000968. The second kappa shape index (κ2) is 19.9. The Labute approximate surface area is 224 Å². The first-order valence-corrected chi connectivity index (χ1v) is 13.6. The zero-order chi connectivity index (χ0) is 28.4. The van der Waals surface area contributed by atoms with Crippen molar-refractivity contribution in [2.75, 3.05) is 60.5 Å². The van der Waals surface area contributed by atoms with Crippen LogP contribution in [-0.4, -0.2) is 111 Å². The second-order valence-corrected chi connectivity index (χ2v) is 10.9. The molecule has 2 heterocycles. The van der Waals surface area contributed by atoms with Crippen molar-refractivity contribution in [1.29, 1.82) is 0 Å². The number of carbonyl (C=O) groups is 4. The molecule has 0 bridgehead atoms. The summed E-state index contributed by atoms with van der Waals surface area (Å²) < 4.78 is 4.53. The average Bonchev–Trinajstić information content (AvgIpc) is 3.32. The Kier molecular flexibility index (Phi) is 18.7. The molecule has 37 heavy (non-hydrogen) atoms. The van der Waals surface area contributed by atoms with Crippen LogP contribution in [0.25, 0.3) is 0 Å². The van der Waals surface area contributed by atoms with Gasteiger partial charge in [-0.1, -0.05) is 41.0 Å². The van der Waals surface area contributed by atoms with E-state index in [1.54, 1.807) is 11.9 Å². The summed E-state index contributed by atoms with van der Waals surface area (Å²) in [6.07, 6.45) is 6.36. The summed E-state index contributed by atoms with van der Waals surface area (Å²) in [5.74, 6) is 0.143. The molecule has 10 heteroatoms. The van der Waals surface area contributed by atoms with Gasteiger partial charge in [0.2, 0.25) is 18.2 Å². The van der Waals surface area contributed by atoms with E-state index in [0.29, 0.717) is 19.4 Å². The maximum absolute atomic E-state index is 12.4. The number of nitrogens with zero attached hydrogens (tertiary/aromatic N) is 3. The summed E-state index contributed by atoms with van der Waals surface area (Å²) in [5, 5.41) is 4.99. The molecule has 0 aromatic heterocycles. The molecule has 216 valence electrons. The van der Waals surface area contributed by atoms with Gasteiger partial charge in [0, 0.05) is 19.6 Å². The van der Waals surface area contributed by atoms with Gasteiger partial charge in [0.05, 0.1) is 19.7 Å². The maximum Gasteiger partial charge on any atom is 0.325 e. The number of likely N-dealkylation sites (tertiary alicyclic amines) is 2. The number of rotatable bonds is 10. The normalized spacial score (nSPS) is 18.6. The summed E-state index contributed by atoms with van der Waals surface area (Å²) >= 11 is 0. The van der Waals surface area contributed by atoms with Gasteiger partial charge < -0.3 is 25.2 Å². The van der Waals surface area contributed by atoms with E-state index < -0.39 is 5.97 Å². The van der Waals surface area contributed by atoms with Crippen molar-refractivity contribution in [1.82, 2.24) is 25.3 Å². The lowest BCUT2D eigenvalue weighted by Gasteiger charge is -2.36. The molecule has 0 aromatic carbocycles. The highest BCUT2D eigenvalue weighted by Crippen LogP contribution is 2.21. The monoisotopic (exact) mass is 527 g/mol. The fraction of sp³-hybridized carbons (Fsp3) is 0.852. The molecule has 0 unspecified atom stereocenters. The molecule has 2 aliphatic heterocycles. The van der Waals surface area contributed by atoms with E-state index in [1.807, 2.05) is 18.7 Å². The number of amides is 3. The van der Waals surface area contributed by atoms with E-state index in [-0.39, 0.29) is 42.9 Å². The molecule has 2 rings (SSSR count). The molecule has 0 saturated carbocycles. The summed E-state index contributed by atoms with van der Waals surface area (Å²) in [5.41, 5.74) is 0. The smallest absolute Gasteiger partial charge is 0.325 e. The van der Waals surface area contributed by atoms with Crippen molar-refractivity contribution in [3.05, 3.63) is 0 Å². The Morgan fingerprint density at radius 2 is 1.59 bits per heavy atom. The van der Waals surface area contributed by atoms with E-state index in [9.17, 15) is 19.2 Å². The summed E-state index contributed by atoms with van der Waals surface area (Å²) in [4.78, 5) is 52.3. The van der Waals surface area contributed by atoms with Gasteiger partial charge in [-0.25, -0.2) is 0 Å². The van der Waals surface area contributed by atoms with Crippen molar-refractivity contribution >= 4 is 24.2 Å². The highest BCUT2D eigenvalue weighted by Gasteiger charge is 2.34. The molecule has 2 fully saturated rings. The standard InChI is InChI=1S/C17H30N4O5.C6H13N.C4H10/c1-12(2)14(20(3)15(23)8-18-11-22)10-21-7-5-6-13(21)17(25)19-9-16(24)26-4;1-7-5-3-2-4-6-7;1-4(2)3/h11-14H,5-10H2,1-4H3,(H,18,22)(H,19,25);2-6H2,1H3;4H,1-3H3/t13-,14+;;/m0../s1. The molecular formula is C27H53N5O5. The first-order chi connectivity index (χ1) is 17.4. The van der Waals surface area contributed by atoms with E-state index in [2.05, 4.69) is 48.1 Å². The van der Waals surface area contributed by atoms with Gasteiger partial charge in [0.25, 0.3) is 0 Å². The number of hydrogen-bond donors (Lipinski definition) is 2. The van der Waals surface area contributed by atoms with Gasteiger partial charge in [-0.2, -0.15) is 0 Å². The number of esters is 1. The molecule has 2 atom stereocenters. The third kappa shape index (κ3) is 15.6. The van der Waals surface area contributed by atoms with Gasteiger partial charge in [0.1, 0.15) is 6.54 Å². The number of carbonyl (C=O) groups excluding carboxylic acids is 4. The van der Waals surface area contributed by atoms with Crippen LogP contribution >= 0.6 is 0 Å². The number of ether oxygens (including phenoxy) is 1. The SMILES string of the molecule is CC(C)C.CN1CCCCC1.COC(=O)CNC(=O)[C@@H]1CCCN1C[C@H](C(C)C)N(C)C(=O)CNC=O. The van der Waals surface area contributed by atoms with Crippen LogP contribution in [0.4, 0.5) is 0 Å². The van der Waals surface area contributed by atoms with Crippen LogP contribution in [0.5, 0.6) is 0 Å². The number of piperidine rings is 1. The fourth-order valence-electron chi connectivity index (χ4n) is 4.20. The third-order valence-electron chi connectivity index (χ3n) is 6.30. The van der Waals surface area contributed by atoms with Crippen LogP contribution in [0.15, 0.2) is 0 Å². The lowest BCUT2D eigenvalue weighted by Crippen LogP contribution is -2.53. The lowest BCUT2D eigenvalue weighted by molar-refractivity contribution is -0.141. The van der Waals surface area contributed by atoms with Crippen LogP contribution in [0.1, 0.15) is 66.7 Å². The molecule has 2 saturated heterocycles. The Morgan fingerprint density at radius 3 is 2.05 bits per heavy atom. The van der Waals surface area contributed by atoms with E-state index in [0.717, 1.165) is 18.9 Å². The van der Waals surface area contributed by atoms with Crippen molar-refractivity contribution < 1.29 is 23.9 Å². The Morgan fingerprint density at radius 1 is 1.00 bits per heavy atom. The largest absolute Gasteiger partial charge is 0.468 e. The predicted octanol–water partition coefficient (Wildman–Crippen LogP) is 1.73. The molecule has 2 N–H and O–H groups in total. The van der Waals surface area contributed by atoms with Crippen LogP contribution in [-0.2, 0) is 23.9 Å². The lowest BCUT2D eigenvalue weighted by atomic mass is 10.0. The van der Waals surface area contributed by atoms with E-state index in [4.69, 9.17) is 0 Å². The van der Waals surface area contributed by atoms with Gasteiger partial charge in [-0.15, -0.1) is 0 Å². The topological polar surface area (TPSA) is 111 Å². The molecule has 2 aliphatic rings. The summed E-state index contributed by atoms with van der Waals surface area (Å²) in [7, 11) is 5.18. The number of likely N-dealkylation sites (N-methyl/N-ethyl adjacent to an activating group) is 1. The minimum atomic E-state index is -0.490. The highest BCUT2D eigenvalue weighted by atomic mass is 16.5. The van der Waals surface area contributed by atoms with E-state index >= 15 is 0 Å². The number of methoxy groups -OCH3 is 1. The molecule has 10 nitrogen and oxygen atoms in total. The molecule has 0 spiro atoms. The van der Waals surface area contributed by atoms with Crippen LogP contribution in [0.3, 0.4) is 0 Å². The number of hydrogen-bond acceptors (Lipinski definition) is 7. The Bertz CT molecular complexity index is 665. The highest BCUT2D eigenvalue weighted by molar-refractivity contribution is 5.86. The molecule has 3 amide bonds. The molecule has 0 radical (unpaired) electrons. The number of nitrogens with one attached hydrogen (secondary N) is 2. The first kappa shape index (κ1) is 34.8. The van der Waals surface area contributed by atoms with Crippen molar-refractivity contribution in [2.45, 2.75) is 78.8 Å². The van der Waals surface area contributed by atoms with Crippen LogP contribution in [0.2, 0.25) is 0 Å². The zero-order valence-electron chi connectivity index (χ0n) is 24.5. The van der Waals surface area contributed by atoms with Crippen molar-refractivity contribution in [3.8, 4) is 0 Å². The summed E-state index contributed by atoms with van der Waals surface area (Å²) in [6.45, 7) is 14.3. The maximum atomic E-state index is 12.4. The zero-order valence-corrected chi connectivity index (χ0v) is 24.5. The van der Waals surface area contributed by atoms with Crippen LogP contribution < -0.4 is 10.6 Å². The predicted molar refractivity (Wildman–Crippen MR) is 147 cm³/mol. The van der Waals surface area contributed by atoms with Gasteiger partial charge >= 0.3 is 5.97 Å². The quantitative estimate of drug-likeness (QED) is 0.329. The van der Waals surface area contributed by atoms with Gasteiger partial charge in [0.15, 0.2) is 0 Å². The minimum absolute atomic E-state index is 0.0493. The van der Waals surface area contributed by atoms with Crippen molar-refractivity contribution in [3.63, 3.8) is 0 Å². The van der Waals surface area contributed by atoms with Gasteiger partial charge in [-0.05, 0) is 64.2 Å². The fourth-order valence-corrected chi connectivity index (χ4v) is 4.20. The molecular weight excluding hydrogens is 474 g/mol. The third-order valence-corrected chi connectivity index (χ3v) is 6.30. The van der Waals surface area contributed by atoms with Crippen molar-refractivity contribution in [2.24, 2.45) is 11.8 Å². The molecule has 0 aliphatic carbocycles. The first-order valence-electron chi connectivity index (χ1n) is 13.6. The second-order valence-electron chi connectivity index (χ2n) is 10.9.